The van der Waals surface area contributed by atoms with E-state index in [4.69, 9.17) is 20.8 Å². The summed E-state index contributed by atoms with van der Waals surface area (Å²) in [5, 5.41) is 7.28. The van der Waals surface area contributed by atoms with Gasteiger partial charge >= 0.3 is 5.35 Å². The highest BCUT2D eigenvalue weighted by Crippen LogP contribution is 2.06. The zero-order chi connectivity index (χ0) is 8.10. The van der Waals surface area contributed by atoms with Crippen LogP contribution in [0.3, 0.4) is 0 Å². The maximum atomic E-state index is 5.40. The molecule has 1 aromatic rings. The van der Waals surface area contributed by atoms with Gasteiger partial charge in [0, 0.05) is 20.1 Å². The van der Waals surface area contributed by atoms with Crippen LogP contribution in [0.5, 0.6) is 0 Å². The minimum absolute atomic E-state index is 0.0948. The van der Waals surface area contributed by atoms with Crippen molar-refractivity contribution in [2.24, 2.45) is 0 Å². The SMILES string of the molecule is COCCCc1nnc(Cl)o1. The molecule has 1 aromatic heterocycles. The average molecular weight is 177 g/mol. The lowest BCUT2D eigenvalue weighted by Crippen LogP contribution is -1.92. The fourth-order valence-corrected chi connectivity index (χ4v) is 0.829. The van der Waals surface area contributed by atoms with E-state index >= 15 is 0 Å². The third kappa shape index (κ3) is 2.86. The first-order valence-corrected chi connectivity index (χ1v) is 3.67. The molecular formula is C6H9ClN2O2. The van der Waals surface area contributed by atoms with Crippen molar-refractivity contribution in [1.29, 1.82) is 0 Å². The Hall–Kier alpha value is -0.610. The monoisotopic (exact) mass is 176 g/mol. The molecule has 0 aromatic carbocycles. The minimum atomic E-state index is 0.0948. The zero-order valence-electron chi connectivity index (χ0n) is 6.21. The lowest BCUT2D eigenvalue weighted by atomic mass is 10.3. The van der Waals surface area contributed by atoms with Gasteiger partial charge in [-0.05, 0) is 18.0 Å². The first kappa shape index (κ1) is 8.49. The number of methoxy groups -OCH3 is 1. The van der Waals surface area contributed by atoms with Crippen molar-refractivity contribution < 1.29 is 9.15 Å². The van der Waals surface area contributed by atoms with E-state index < -0.39 is 0 Å². The molecule has 0 fully saturated rings. The third-order valence-electron chi connectivity index (χ3n) is 1.18. The van der Waals surface area contributed by atoms with Crippen molar-refractivity contribution >= 4 is 11.6 Å². The third-order valence-corrected chi connectivity index (χ3v) is 1.33. The number of ether oxygens (including phenoxy) is 1. The molecule has 1 heterocycles. The summed E-state index contributed by atoms with van der Waals surface area (Å²) in [6.07, 6.45) is 1.59. The summed E-state index contributed by atoms with van der Waals surface area (Å²) in [4.78, 5) is 0. The van der Waals surface area contributed by atoms with E-state index in [1.807, 2.05) is 0 Å². The van der Waals surface area contributed by atoms with E-state index in [-0.39, 0.29) is 5.35 Å². The van der Waals surface area contributed by atoms with Crippen LogP contribution >= 0.6 is 11.6 Å². The van der Waals surface area contributed by atoms with Crippen LogP contribution in [0.2, 0.25) is 5.35 Å². The molecule has 0 bridgehead atoms. The summed E-state index contributed by atoms with van der Waals surface area (Å²) in [6, 6.07) is 0. The molecule has 0 saturated carbocycles. The molecule has 0 spiro atoms. The van der Waals surface area contributed by atoms with Gasteiger partial charge in [-0.25, -0.2) is 0 Å². The second kappa shape index (κ2) is 4.31. The Kier molecular flexibility index (Phi) is 3.32. The Morgan fingerprint density at radius 2 is 2.36 bits per heavy atom. The standard InChI is InChI=1S/C6H9ClN2O2/c1-10-4-2-3-5-8-9-6(7)11-5/h2-4H2,1H3. The fourth-order valence-electron chi connectivity index (χ4n) is 0.702. The largest absolute Gasteiger partial charge is 0.412 e. The van der Waals surface area contributed by atoms with Gasteiger partial charge in [-0.2, -0.15) is 0 Å². The predicted molar refractivity (Wildman–Crippen MR) is 39.5 cm³/mol. The molecule has 0 radical (unpaired) electrons. The van der Waals surface area contributed by atoms with Crippen molar-refractivity contribution in [3.63, 3.8) is 0 Å². The number of halogens is 1. The quantitative estimate of drug-likeness (QED) is 0.649. The summed E-state index contributed by atoms with van der Waals surface area (Å²) in [7, 11) is 1.65. The van der Waals surface area contributed by atoms with E-state index in [1.54, 1.807) is 7.11 Å². The maximum absolute atomic E-state index is 5.40. The van der Waals surface area contributed by atoms with Gasteiger partial charge in [0.05, 0.1) is 0 Å². The molecule has 0 aliphatic carbocycles. The Balaban J connectivity index is 2.27. The van der Waals surface area contributed by atoms with Gasteiger partial charge < -0.3 is 9.15 Å². The first-order valence-electron chi connectivity index (χ1n) is 3.29. The van der Waals surface area contributed by atoms with Gasteiger partial charge in [0.2, 0.25) is 5.89 Å². The van der Waals surface area contributed by atoms with Gasteiger partial charge in [0.25, 0.3) is 0 Å². The van der Waals surface area contributed by atoms with Crippen LogP contribution in [0.4, 0.5) is 0 Å². The van der Waals surface area contributed by atoms with E-state index in [1.165, 1.54) is 0 Å². The van der Waals surface area contributed by atoms with Crippen molar-refractivity contribution in [1.82, 2.24) is 10.2 Å². The van der Waals surface area contributed by atoms with Crippen LogP contribution in [0, 0.1) is 0 Å². The second-order valence-electron chi connectivity index (χ2n) is 2.05. The molecule has 0 unspecified atom stereocenters. The highest BCUT2D eigenvalue weighted by Gasteiger charge is 2.01. The Labute approximate surface area is 69.5 Å². The molecule has 0 N–H and O–H groups in total. The van der Waals surface area contributed by atoms with Crippen molar-refractivity contribution in [2.75, 3.05) is 13.7 Å². The Morgan fingerprint density at radius 3 is 2.91 bits per heavy atom. The number of nitrogens with zero attached hydrogens (tertiary/aromatic N) is 2. The molecule has 0 amide bonds. The maximum Gasteiger partial charge on any atom is 0.312 e. The normalized spacial score (nSPS) is 10.4. The minimum Gasteiger partial charge on any atom is -0.412 e. The number of aryl methyl sites for hydroxylation is 1. The summed E-state index contributed by atoms with van der Waals surface area (Å²) in [6.45, 7) is 0.694. The van der Waals surface area contributed by atoms with Crippen molar-refractivity contribution in [3.05, 3.63) is 11.2 Å². The molecule has 0 aliphatic heterocycles. The second-order valence-corrected chi connectivity index (χ2v) is 2.37. The van der Waals surface area contributed by atoms with Crippen LogP contribution in [0.25, 0.3) is 0 Å². The smallest absolute Gasteiger partial charge is 0.312 e. The van der Waals surface area contributed by atoms with Crippen LogP contribution in [-0.2, 0) is 11.2 Å². The number of hydrogen-bond acceptors (Lipinski definition) is 4. The van der Waals surface area contributed by atoms with Gasteiger partial charge in [-0.3, -0.25) is 0 Å². The molecule has 0 aliphatic rings. The van der Waals surface area contributed by atoms with E-state index in [0.29, 0.717) is 18.9 Å². The number of rotatable bonds is 4. The van der Waals surface area contributed by atoms with Crippen LogP contribution < -0.4 is 0 Å². The molecule has 1 rings (SSSR count). The molecule has 11 heavy (non-hydrogen) atoms. The highest BCUT2D eigenvalue weighted by molar-refractivity contribution is 6.27. The summed E-state index contributed by atoms with van der Waals surface area (Å²) in [5.41, 5.74) is 0. The number of aromatic nitrogens is 2. The lowest BCUT2D eigenvalue weighted by Gasteiger charge is -1.92. The van der Waals surface area contributed by atoms with E-state index in [2.05, 4.69) is 10.2 Å². The van der Waals surface area contributed by atoms with Crippen LogP contribution in [0.15, 0.2) is 4.42 Å². The lowest BCUT2D eigenvalue weighted by molar-refractivity contribution is 0.193. The zero-order valence-corrected chi connectivity index (χ0v) is 6.97. The predicted octanol–water partition coefficient (Wildman–Crippen LogP) is 1.30. The molecule has 5 heteroatoms. The van der Waals surface area contributed by atoms with Crippen molar-refractivity contribution in [2.45, 2.75) is 12.8 Å². The van der Waals surface area contributed by atoms with Crippen LogP contribution in [-0.4, -0.2) is 23.9 Å². The van der Waals surface area contributed by atoms with E-state index in [9.17, 15) is 0 Å². The molecule has 0 atom stereocenters. The molecule has 4 nitrogen and oxygen atoms in total. The molecule has 0 saturated heterocycles. The fraction of sp³-hybridized carbons (Fsp3) is 0.667. The van der Waals surface area contributed by atoms with Gasteiger partial charge in [-0.1, -0.05) is 5.10 Å². The van der Waals surface area contributed by atoms with E-state index in [0.717, 1.165) is 6.42 Å². The summed E-state index contributed by atoms with van der Waals surface area (Å²) in [5.74, 6) is 0.562. The number of hydrogen-bond donors (Lipinski definition) is 0. The highest BCUT2D eigenvalue weighted by atomic mass is 35.5. The van der Waals surface area contributed by atoms with Crippen molar-refractivity contribution in [3.8, 4) is 0 Å². The summed E-state index contributed by atoms with van der Waals surface area (Å²) < 4.78 is 9.77. The molecule has 62 valence electrons. The van der Waals surface area contributed by atoms with Gasteiger partial charge in [0.15, 0.2) is 0 Å². The average Bonchev–Trinajstić information content (AvgIpc) is 2.37. The van der Waals surface area contributed by atoms with Gasteiger partial charge in [0.1, 0.15) is 0 Å². The Morgan fingerprint density at radius 1 is 1.55 bits per heavy atom. The van der Waals surface area contributed by atoms with Gasteiger partial charge in [-0.15, -0.1) is 5.10 Å². The first-order chi connectivity index (χ1) is 5.33. The van der Waals surface area contributed by atoms with Crippen LogP contribution in [0.1, 0.15) is 12.3 Å². The Bertz CT molecular complexity index is 214. The summed E-state index contributed by atoms with van der Waals surface area (Å²) >= 11 is 5.40. The topological polar surface area (TPSA) is 48.2 Å². The molecular weight excluding hydrogens is 168 g/mol.